The zero-order valence-corrected chi connectivity index (χ0v) is 46.0. The third-order valence-electron chi connectivity index (χ3n) is 14.5. The molecule has 0 aliphatic rings. The zero-order chi connectivity index (χ0) is 51.4. The lowest BCUT2D eigenvalue weighted by Crippen LogP contribution is -2.30. The van der Waals surface area contributed by atoms with Gasteiger partial charge in [0, 0.05) is 6.54 Å². The van der Waals surface area contributed by atoms with Crippen LogP contribution in [-0.2, 0) is 14.3 Å². The summed E-state index contributed by atoms with van der Waals surface area (Å²) >= 11 is 0. The number of rotatable bonds is 46. The van der Waals surface area contributed by atoms with E-state index < -0.39 is 11.9 Å². The van der Waals surface area contributed by atoms with Gasteiger partial charge in [0.05, 0.1) is 24.3 Å². The molecule has 9 nitrogen and oxygen atoms in total. The molecule has 2 rings (SSSR count). The van der Waals surface area contributed by atoms with Crippen LogP contribution in [0.5, 0.6) is 0 Å². The number of hydrogen-bond acceptors (Lipinski definition) is 8. The second-order valence-corrected chi connectivity index (χ2v) is 20.6. The number of amides is 1. The molecule has 71 heavy (non-hydrogen) atoms. The van der Waals surface area contributed by atoms with Gasteiger partial charge in [-0.1, -0.05) is 257 Å². The number of ether oxygens (including phenoxy) is 2. The molecule has 2 aromatic rings. The summed E-state index contributed by atoms with van der Waals surface area (Å²) in [6.07, 6.45) is 42.8. The van der Waals surface area contributed by atoms with Crippen LogP contribution >= 0.6 is 0 Å². The zero-order valence-electron chi connectivity index (χ0n) is 46.0. The van der Waals surface area contributed by atoms with Crippen LogP contribution in [0.25, 0.3) is 0 Å². The Kier molecular flexibility index (Phi) is 38.7. The summed E-state index contributed by atoms with van der Waals surface area (Å²) in [6.45, 7) is 11.6. The molecule has 2 aromatic carbocycles. The summed E-state index contributed by atoms with van der Waals surface area (Å²) in [5.41, 5.74) is 1.04. The Morgan fingerprint density at radius 1 is 0.507 bits per heavy atom. The fourth-order valence-electron chi connectivity index (χ4n) is 9.84. The van der Waals surface area contributed by atoms with E-state index in [0.717, 1.165) is 69.6 Å². The monoisotopic (exact) mass is 986 g/mol. The molecule has 0 bridgehead atoms. The molecule has 0 spiro atoms. The molecule has 0 heterocycles. The van der Waals surface area contributed by atoms with Crippen LogP contribution in [0.2, 0.25) is 0 Å². The maximum atomic E-state index is 13.2. The lowest BCUT2D eigenvalue weighted by atomic mass is 9.78. The summed E-state index contributed by atoms with van der Waals surface area (Å²) in [5, 5.41) is 21.5. The SMILES string of the molecule is CCCCCCCCCC(CCCCCCCCOC(=O)c1ccccc1)C(CCCCCCCCC)CCCCCCCCOC(=O)c1ccccc1N=N/C(C(=O)NCC(CC)CCCC)=C(\C)O. The van der Waals surface area contributed by atoms with E-state index in [-0.39, 0.29) is 23.0 Å². The van der Waals surface area contributed by atoms with Gasteiger partial charge < -0.3 is 19.9 Å². The molecule has 3 atom stereocenters. The second-order valence-electron chi connectivity index (χ2n) is 20.6. The van der Waals surface area contributed by atoms with Crippen LogP contribution < -0.4 is 5.32 Å². The largest absolute Gasteiger partial charge is 0.510 e. The summed E-state index contributed by atoms with van der Waals surface area (Å²) in [7, 11) is 0. The highest BCUT2D eigenvalue weighted by atomic mass is 16.5. The summed E-state index contributed by atoms with van der Waals surface area (Å²) in [4.78, 5) is 38.4. The standard InChI is InChI=1S/C62H103N3O6/c1-6-10-13-15-17-23-30-41-54(43-32-25-19-21-27-38-49-70-61(68)56-45-34-29-35-46-56)55(42-31-24-18-16-14-11-7-2)44-33-26-20-22-28-39-50-71-62(69)57-47-36-37-48-58(57)64-65-59(52(5)66)60(67)63-51-53(9-4)40-12-8-3/h29,34-37,45-48,53-55,66H,6-28,30-33,38-44,49-51H2,1-5H3,(H,63,67)/b59-52+,65-64?. The Morgan fingerprint density at radius 3 is 1.39 bits per heavy atom. The van der Waals surface area contributed by atoms with E-state index in [1.807, 2.05) is 30.3 Å². The number of esters is 2. The van der Waals surface area contributed by atoms with Crippen LogP contribution in [0, 0.1) is 17.8 Å². The van der Waals surface area contributed by atoms with Gasteiger partial charge in [0.25, 0.3) is 5.91 Å². The van der Waals surface area contributed by atoms with Crippen molar-refractivity contribution in [1.29, 1.82) is 0 Å². The molecular formula is C62H103N3O6. The van der Waals surface area contributed by atoms with Gasteiger partial charge in [-0.15, -0.1) is 10.2 Å². The first kappa shape index (κ1) is 63.1. The van der Waals surface area contributed by atoms with Gasteiger partial charge in [-0.25, -0.2) is 9.59 Å². The van der Waals surface area contributed by atoms with Crippen molar-refractivity contribution in [1.82, 2.24) is 5.32 Å². The Bertz CT molecular complexity index is 1690. The lowest BCUT2D eigenvalue weighted by Gasteiger charge is -2.28. The number of hydrogen-bond donors (Lipinski definition) is 2. The van der Waals surface area contributed by atoms with Crippen molar-refractivity contribution in [2.45, 2.75) is 253 Å². The molecule has 9 heteroatoms. The van der Waals surface area contributed by atoms with Crippen molar-refractivity contribution >= 4 is 23.5 Å². The van der Waals surface area contributed by atoms with Crippen LogP contribution in [0.3, 0.4) is 0 Å². The molecular weight excluding hydrogens is 883 g/mol. The van der Waals surface area contributed by atoms with Crippen molar-refractivity contribution in [3.63, 3.8) is 0 Å². The Morgan fingerprint density at radius 2 is 0.930 bits per heavy atom. The van der Waals surface area contributed by atoms with Crippen molar-refractivity contribution in [3.8, 4) is 0 Å². The maximum Gasteiger partial charge on any atom is 0.340 e. The first-order valence-electron chi connectivity index (χ1n) is 29.3. The van der Waals surface area contributed by atoms with E-state index in [1.165, 1.54) is 167 Å². The minimum atomic E-state index is -0.483. The van der Waals surface area contributed by atoms with Gasteiger partial charge in [0.15, 0.2) is 5.70 Å². The summed E-state index contributed by atoms with van der Waals surface area (Å²) in [5.74, 6) is 0.626. The average Bonchev–Trinajstić information content (AvgIpc) is 3.38. The van der Waals surface area contributed by atoms with Gasteiger partial charge in [-0.3, -0.25) is 4.79 Å². The molecule has 0 radical (unpaired) electrons. The van der Waals surface area contributed by atoms with E-state index in [4.69, 9.17) is 9.47 Å². The van der Waals surface area contributed by atoms with Crippen LogP contribution in [0.4, 0.5) is 5.69 Å². The Balaban J connectivity index is 1.86. The second kappa shape index (κ2) is 43.6. The van der Waals surface area contributed by atoms with E-state index in [9.17, 15) is 19.5 Å². The highest BCUT2D eigenvalue weighted by molar-refractivity contribution is 5.95. The smallest absolute Gasteiger partial charge is 0.340 e. The molecule has 0 fully saturated rings. The number of nitrogens with one attached hydrogen (secondary N) is 1. The minimum Gasteiger partial charge on any atom is -0.510 e. The summed E-state index contributed by atoms with van der Waals surface area (Å²) < 4.78 is 11.2. The highest BCUT2D eigenvalue weighted by Crippen LogP contribution is 2.34. The number of azo groups is 1. The number of aliphatic hydroxyl groups is 1. The normalized spacial score (nSPS) is 13.2. The van der Waals surface area contributed by atoms with E-state index >= 15 is 0 Å². The number of allylic oxidation sites excluding steroid dienone is 1. The number of carbonyl (C=O) groups is 3. The van der Waals surface area contributed by atoms with E-state index in [1.54, 1.807) is 24.3 Å². The third kappa shape index (κ3) is 31.2. The number of aliphatic hydroxyl groups excluding tert-OH is 1. The molecule has 2 N–H and O–H groups in total. The molecule has 0 saturated heterocycles. The third-order valence-corrected chi connectivity index (χ3v) is 14.5. The van der Waals surface area contributed by atoms with Gasteiger partial charge in [-0.05, 0) is 68.2 Å². The molecule has 0 aliphatic heterocycles. The first-order valence-corrected chi connectivity index (χ1v) is 29.3. The molecule has 0 aliphatic carbocycles. The van der Waals surface area contributed by atoms with Crippen molar-refractivity contribution < 1.29 is 29.0 Å². The Labute approximate surface area is 434 Å². The maximum absolute atomic E-state index is 13.2. The fourth-order valence-corrected chi connectivity index (χ4v) is 9.84. The van der Waals surface area contributed by atoms with E-state index in [0.29, 0.717) is 36.9 Å². The average molecular weight is 987 g/mol. The van der Waals surface area contributed by atoms with Gasteiger partial charge in [0.1, 0.15) is 11.4 Å². The molecule has 0 aromatic heterocycles. The number of unbranched alkanes of at least 4 members (excludes halogenated alkanes) is 23. The number of nitrogens with zero attached hydrogens (tertiary/aromatic N) is 2. The molecule has 3 unspecified atom stereocenters. The van der Waals surface area contributed by atoms with E-state index in [2.05, 4.69) is 43.2 Å². The minimum absolute atomic E-state index is 0.165. The predicted octanol–water partition coefficient (Wildman–Crippen LogP) is 18.9. The van der Waals surface area contributed by atoms with Gasteiger partial charge >= 0.3 is 11.9 Å². The van der Waals surface area contributed by atoms with Crippen molar-refractivity contribution in [2.75, 3.05) is 19.8 Å². The topological polar surface area (TPSA) is 127 Å². The molecule has 0 saturated carbocycles. The highest BCUT2D eigenvalue weighted by Gasteiger charge is 2.21. The summed E-state index contributed by atoms with van der Waals surface area (Å²) in [6, 6.07) is 16.1. The molecule has 402 valence electrons. The van der Waals surface area contributed by atoms with Crippen LogP contribution in [0.1, 0.15) is 274 Å². The number of carbonyl (C=O) groups excluding carboxylic acids is 3. The Hall–Kier alpha value is -4.01. The molecule has 1 amide bonds. The predicted molar refractivity (Wildman–Crippen MR) is 296 cm³/mol. The van der Waals surface area contributed by atoms with Gasteiger partial charge in [-0.2, -0.15) is 0 Å². The quantitative estimate of drug-likeness (QED) is 0.0224. The van der Waals surface area contributed by atoms with Crippen molar-refractivity contribution in [2.24, 2.45) is 28.0 Å². The van der Waals surface area contributed by atoms with Crippen molar-refractivity contribution in [3.05, 3.63) is 77.2 Å². The van der Waals surface area contributed by atoms with Crippen LogP contribution in [0.15, 0.2) is 76.3 Å². The fraction of sp³-hybridized carbons (Fsp3) is 0.726. The van der Waals surface area contributed by atoms with Crippen LogP contribution in [-0.4, -0.2) is 42.7 Å². The van der Waals surface area contributed by atoms with Gasteiger partial charge in [0.2, 0.25) is 0 Å². The lowest BCUT2D eigenvalue weighted by molar-refractivity contribution is -0.118. The number of benzene rings is 2. The first-order chi connectivity index (χ1) is 34.7.